The topological polar surface area (TPSA) is 34.9 Å². The van der Waals surface area contributed by atoms with E-state index in [1.54, 1.807) is 6.20 Å². The van der Waals surface area contributed by atoms with Gasteiger partial charge in [-0.1, -0.05) is 13.8 Å². The van der Waals surface area contributed by atoms with Gasteiger partial charge in [0.05, 0.1) is 11.8 Å². The maximum Gasteiger partial charge on any atom is 0.165 e. The van der Waals surface area contributed by atoms with Crippen LogP contribution in [0.5, 0.6) is 0 Å². The SMILES string of the molecule is CCSCCn1cc(C(=O)CC)cn1. The molecule has 0 aromatic carbocycles. The standard InChI is InChI=1S/C10H16N2OS/c1-3-10(13)9-7-11-12(8-9)5-6-14-4-2/h7-8H,3-6H2,1-2H3. The molecule has 0 aliphatic carbocycles. The summed E-state index contributed by atoms with van der Waals surface area (Å²) in [6.45, 7) is 4.89. The number of ketones is 1. The van der Waals surface area contributed by atoms with Crippen molar-refractivity contribution < 1.29 is 4.79 Å². The smallest absolute Gasteiger partial charge is 0.165 e. The number of aromatic nitrogens is 2. The fraction of sp³-hybridized carbons (Fsp3) is 0.600. The van der Waals surface area contributed by atoms with Crippen molar-refractivity contribution in [1.82, 2.24) is 9.78 Å². The average molecular weight is 212 g/mol. The lowest BCUT2D eigenvalue weighted by atomic mass is 10.2. The van der Waals surface area contributed by atoms with Crippen LogP contribution in [0, 0.1) is 0 Å². The fourth-order valence-electron chi connectivity index (χ4n) is 1.14. The van der Waals surface area contributed by atoms with Gasteiger partial charge in [-0.2, -0.15) is 16.9 Å². The molecule has 14 heavy (non-hydrogen) atoms. The Kier molecular flexibility index (Phi) is 4.73. The van der Waals surface area contributed by atoms with Crippen molar-refractivity contribution in [2.24, 2.45) is 0 Å². The van der Waals surface area contributed by atoms with Crippen LogP contribution in [0.4, 0.5) is 0 Å². The predicted molar refractivity (Wildman–Crippen MR) is 59.8 cm³/mol. The first-order chi connectivity index (χ1) is 6.77. The third-order valence-electron chi connectivity index (χ3n) is 1.95. The Morgan fingerprint density at radius 2 is 2.36 bits per heavy atom. The molecule has 0 aliphatic heterocycles. The Bertz CT molecular complexity index is 296. The first kappa shape index (κ1) is 11.3. The predicted octanol–water partition coefficient (Wildman–Crippen LogP) is 2.23. The Hall–Kier alpha value is -0.770. The van der Waals surface area contributed by atoms with E-state index in [-0.39, 0.29) is 5.78 Å². The van der Waals surface area contributed by atoms with Gasteiger partial charge in [-0.15, -0.1) is 0 Å². The molecule has 3 nitrogen and oxygen atoms in total. The summed E-state index contributed by atoms with van der Waals surface area (Å²) in [6.07, 6.45) is 4.04. The van der Waals surface area contributed by atoms with Crippen molar-refractivity contribution >= 4 is 17.5 Å². The van der Waals surface area contributed by atoms with Gasteiger partial charge in [0, 0.05) is 24.9 Å². The monoisotopic (exact) mass is 212 g/mol. The minimum atomic E-state index is 0.166. The zero-order valence-electron chi connectivity index (χ0n) is 8.69. The van der Waals surface area contributed by atoms with Crippen LogP contribution in [0.15, 0.2) is 12.4 Å². The molecular weight excluding hydrogens is 196 g/mol. The molecule has 0 saturated carbocycles. The van der Waals surface area contributed by atoms with Crippen LogP contribution in [0.1, 0.15) is 30.6 Å². The van der Waals surface area contributed by atoms with Crippen molar-refractivity contribution in [2.75, 3.05) is 11.5 Å². The number of Topliss-reactive ketones (excluding diaryl/α,β-unsaturated/α-hetero) is 1. The zero-order chi connectivity index (χ0) is 10.4. The molecule has 0 radical (unpaired) electrons. The quantitative estimate of drug-likeness (QED) is 0.536. The van der Waals surface area contributed by atoms with Crippen LogP contribution in [0.2, 0.25) is 0 Å². The third kappa shape index (κ3) is 3.18. The molecule has 0 saturated heterocycles. The highest BCUT2D eigenvalue weighted by Gasteiger charge is 2.05. The number of rotatable bonds is 6. The van der Waals surface area contributed by atoms with Crippen molar-refractivity contribution in [3.63, 3.8) is 0 Å². The van der Waals surface area contributed by atoms with E-state index in [1.165, 1.54) is 0 Å². The molecule has 78 valence electrons. The molecule has 0 atom stereocenters. The van der Waals surface area contributed by atoms with Crippen molar-refractivity contribution in [3.05, 3.63) is 18.0 Å². The van der Waals surface area contributed by atoms with Crippen molar-refractivity contribution in [2.45, 2.75) is 26.8 Å². The van der Waals surface area contributed by atoms with Gasteiger partial charge in [0.15, 0.2) is 5.78 Å². The highest BCUT2D eigenvalue weighted by atomic mass is 32.2. The van der Waals surface area contributed by atoms with E-state index in [4.69, 9.17) is 0 Å². The van der Waals surface area contributed by atoms with E-state index in [2.05, 4.69) is 12.0 Å². The van der Waals surface area contributed by atoms with E-state index >= 15 is 0 Å². The van der Waals surface area contributed by atoms with Gasteiger partial charge < -0.3 is 0 Å². The lowest BCUT2D eigenvalue weighted by Gasteiger charge is -1.98. The lowest BCUT2D eigenvalue weighted by Crippen LogP contribution is -2.01. The molecule has 0 fully saturated rings. The summed E-state index contributed by atoms with van der Waals surface area (Å²) in [5.74, 6) is 2.35. The molecular formula is C10H16N2OS. The first-order valence-electron chi connectivity index (χ1n) is 4.91. The van der Waals surface area contributed by atoms with Crippen LogP contribution in [0.25, 0.3) is 0 Å². The largest absolute Gasteiger partial charge is 0.294 e. The molecule has 0 spiro atoms. The molecule has 0 bridgehead atoms. The van der Waals surface area contributed by atoms with Crippen LogP contribution in [0.3, 0.4) is 0 Å². The summed E-state index contributed by atoms with van der Waals surface area (Å²) in [5, 5.41) is 4.14. The van der Waals surface area contributed by atoms with E-state index in [0.717, 1.165) is 23.6 Å². The van der Waals surface area contributed by atoms with Gasteiger partial charge >= 0.3 is 0 Å². The molecule has 0 N–H and O–H groups in total. The molecule has 0 amide bonds. The molecule has 1 heterocycles. The van der Waals surface area contributed by atoms with Crippen LogP contribution < -0.4 is 0 Å². The highest BCUT2D eigenvalue weighted by Crippen LogP contribution is 2.04. The van der Waals surface area contributed by atoms with Crippen molar-refractivity contribution in [1.29, 1.82) is 0 Å². The minimum Gasteiger partial charge on any atom is -0.294 e. The first-order valence-corrected chi connectivity index (χ1v) is 6.06. The Balaban J connectivity index is 2.46. The second kappa shape index (κ2) is 5.86. The van der Waals surface area contributed by atoms with Gasteiger partial charge in [-0.25, -0.2) is 0 Å². The molecule has 1 rings (SSSR count). The Morgan fingerprint density at radius 1 is 1.57 bits per heavy atom. The molecule has 1 aromatic heterocycles. The minimum absolute atomic E-state index is 0.166. The van der Waals surface area contributed by atoms with Crippen LogP contribution in [-0.4, -0.2) is 27.1 Å². The fourth-order valence-corrected chi connectivity index (χ4v) is 1.74. The van der Waals surface area contributed by atoms with Crippen molar-refractivity contribution in [3.8, 4) is 0 Å². The van der Waals surface area contributed by atoms with E-state index in [1.807, 2.05) is 29.6 Å². The maximum absolute atomic E-state index is 11.3. The second-order valence-electron chi connectivity index (χ2n) is 2.97. The van der Waals surface area contributed by atoms with Gasteiger partial charge in [0.2, 0.25) is 0 Å². The summed E-state index contributed by atoms with van der Waals surface area (Å²) in [6, 6.07) is 0. The van der Waals surface area contributed by atoms with Gasteiger partial charge in [-0.3, -0.25) is 9.48 Å². The number of carbonyl (C=O) groups excluding carboxylic acids is 1. The highest BCUT2D eigenvalue weighted by molar-refractivity contribution is 7.99. The number of nitrogens with zero attached hydrogens (tertiary/aromatic N) is 2. The summed E-state index contributed by atoms with van der Waals surface area (Å²) >= 11 is 1.88. The summed E-state index contributed by atoms with van der Waals surface area (Å²) in [4.78, 5) is 11.3. The number of hydrogen-bond acceptors (Lipinski definition) is 3. The van der Waals surface area contributed by atoms with Gasteiger partial charge in [0.25, 0.3) is 0 Å². The Labute approximate surface area is 88.9 Å². The number of hydrogen-bond donors (Lipinski definition) is 0. The second-order valence-corrected chi connectivity index (χ2v) is 4.36. The van der Waals surface area contributed by atoms with E-state index in [9.17, 15) is 4.79 Å². The number of carbonyl (C=O) groups is 1. The van der Waals surface area contributed by atoms with Crippen LogP contribution in [-0.2, 0) is 6.54 Å². The summed E-state index contributed by atoms with van der Waals surface area (Å²) in [7, 11) is 0. The third-order valence-corrected chi connectivity index (χ3v) is 2.82. The van der Waals surface area contributed by atoms with Gasteiger partial charge in [0.1, 0.15) is 0 Å². The normalized spacial score (nSPS) is 10.4. The summed E-state index contributed by atoms with van der Waals surface area (Å²) in [5.41, 5.74) is 0.731. The number of thioether (sulfide) groups is 1. The number of aryl methyl sites for hydroxylation is 1. The van der Waals surface area contributed by atoms with Crippen LogP contribution >= 0.6 is 11.8 Å². The lowest BCUT2D eigenvalue weighted by molar-refractivity contribution is 0.0988. The molecule has 0 aliphatic rings. The maximum atomic E-state index is 11.3. The molecule has 1 aromatic rings. The molecule has 0 unspecified atom stereocenters. The van der Waals surface area contributed by atoms with E-state index < -0.39 is 0 Å². The summed E-state index contributed by atoms with van der Waals surface area (Å²) < 4.78 is 1.84. The van der Waals surface area contributed by atoms with Gasteiger partial charge in [-0.05, 0) is 5.75 Å². The van der Waals surface area contributed by atoms with E-state index in [0.29, 0.717) is 6.42 Å². The Morgan fingerprint density at radius 3 is 3.00 bits per heavy atom. The zero-order valence-corrected chi connectivity index (χ0v) is 9.51. The molecule has 4 heteroatoms. The average Bonchev–Trinajstić information content (AvgIpc) is 2.66.